The van der Waals surface area contributed by atoms with Gasteiger partial charge in [0.05, 0.1) is 20.7 Å². The van der Waals surface area contributed by atoms with Gasteiger partial charge in [-0.1, -0.05) is 24.1 Å². The molecule has 0 amide bonds. The van der Waals surface area contributed by atoms with Crippen molar-refractivity contribution in [2.75, 3.05) is 7.04 Å². The van der Waals surface area contributed by atoms with Crippen LogP contribution in [0.15, 0.2) is 22.7 Å². The predicted octanol–water partition coefficient (Wildman–Crippen LogP) is 4.04. The van der Waals surface area contributed by atoms with Crippen molar-refractivity contribution >= 4 is 33.5 Å². The number of methoxy groups -OCH3 is 1. The quantitative estimate of drug-likeness (QED) is 0.902. The van der Waals surface area contributed by atoms with Gasteiger partial charge in [-0.05, 0) is 46.5 Å². The smallest absolute Gasteiger partial charge is 0.312 e. The lowest BCUT2D eigenvalue weighted by molar-refractivity contribution is -0.169. The zero-order valence-corrected chi connectivity index (χ0v) is 11.8. The summed E-state index contributed by atoms with van der Waals surface area (Å²) < 4.78 is 27.6. The number of carbonyl (C=O) groups is 1. The largest absolute Gasteiger partial charge is 0.481 e. The van der Waals surface area contributed by atoms with E-state index in [1.807, 2.05) is 0 Å². The molecule has 0 aromatic heterocycles. The Morgan fingerprint density at radius 2 is 2.39 bits per heavy atom. The number of aliphatic carboxylic acids is 1. The fourth-order valence-corrected chi connectivity index (χ4v) is 2.84. The Morgan fingerprint density at radius 3 is 2.83 bits per heavy atom. The zero-order chi connectivity index (χ0) is 15.8. The van der Waals surface area contributed by atoms with E-state index >= 15 is 0 Å². The Bertz CT molecular complexity index is 558. The van der Waals surface area contributed by atoms with Crippen molar-refractivity contribution in [1.82, 2.24) is 0 Å². The van der Waals surface area contributed by atoms with Crippen LogP contribution in [0.4, 0.5) is 0 Å². The fourth-order valence-electron chi connectivity index (χ4n) is 2.32. The first-order valence-electron chi connectivity index (χ1n) is 7.02. The van der Waals surface area contributed by atoms with Gasteiger partial charge in [0.2, 0.25) is 0 Å². The summed E-state index contributed by atoms with van der Waals surface area (Å²) in [6.07, 6.45) is 0.485. The van der Waals surface area contributed by atoms with E-state index in [-0.39, 0.29) is 0 Å². The number of ether oxygens (including phenoxy) is 1. The SMILES string of the molecule is [2H]C([2H])([2H])OC(c1ccc(Cl)c(Br)c1)C1(C(=O)O)CCC1. The second-order valence-corrected chi connectivity index (χ2v) is 5.75. The highest BCUT2D eigenvalue weighted by molar-refractivity contribution is 9.10. The maximum atomic E-state index is 11.7. The third-order valence-electron chi connectivity index (χ3n) is 3.54. The molecule has 0 radical (unpaired) electrons. The molecule has 18 heavy (non-hydrogen) atoms. The van der Waals surface area contributed by atoms with Crippen LogP contribution in [0.1, 0.15) is 35.0 Å². The molecule has 1 saturated carbocycles. The number of rotatable bonds is 4. The third-order valence-corrected chi connectivity index (χ3v) is 4.75. The molecule has 1 N–H and O–H groups in total. The van der Waals surface area contributed by atoms with E-state index in [0.29, 0.717) is 27.9 Å². The molecule has 5 heteroatoms. The van der Waals surface area contributed by atoms with E-state index in [9.17, 15) is 9.90 Å². The minimum Gasteiger partial charge on any atom is -0.481 e. The second-order valence-electron chi connectivity index (χ2n) is 4.49. The average molecular weight is 337 g/mol. The molecule has 1 aromatic rings. The molecule has 0 spiro atoms. The summed E-state index contributed by atoms with van der Waals surface area (Å²) in [6.45, 7) is 0. The van der Waals surface area contributed by atoms with Crippen LogP contribution in [0, 0.1) is 5.41 Å². The minimum absolute atomic E-state index is 0.392. The number of hydrogen-bond acceptors (Lipinski definition) is 2. The normalized spacial score (nSPS) is 22.2. The first kappa shape index (κ1) is 10.2. The lowest BCUT2D eigenvalue weighted by Crippen LogP contribution is -2.44. The van der Waals surface area contributed by atoms with Crippen LogP contribution in [-0.2, 0) is 9.53 Å². The van der Waals surface area contributed by atoms with Crippen LogP contribution in [-0.4, -0.2) is 18.1 Å². The van der Waals surface area contributed by atoms with Crippen LogP contribution >= 0.6 is 27.5 Å². The van der Waals surface area contributed by atoms with Gasteiger partial charge in [-0.2, -0.15) is 0 Å². The van der Waals surface area contributed by atoms with Gasteiger partial charge in [0.25, 0.3) is 0 Å². The number of carboxylic acids is 1. The van der Waals surface area contributed by atoms with E-state index in [1.54, 1.807) is 18.2 Å². The molecule has 0 heterocycles. The highest BCUT2D eigenvalue weighted by atomic mass is 79.9. The number of benzene rings is 1. The molecule has 1 aromatic carbocycles. The van der Waals surface area contributed by atoms with Gasteiger partial charge in [0, 0.05) is 11.5 Å². The van der Waals surface area contributed by atoms with E-state index in [2.05, 4.69) is 15.9 Å². The Labute approximate surface area is 123 Å². The Balaban J connectivity index is 2.45. The van der Waals surface area contributed by atoms with Gasteiger partial charge in [-0.3, -0.25) is 4.79 Å². The van der Waals surface area contributed by atoms with Crippen LogP contribution < -0.4 is 0 Å². The van der Waals surface area contributed by atoms with Crippen molar-refractivity contribution in [1.29, 1.82) is 0 Å². The van der Waals surface area contributed by atoms with Crippen molar-refractivity contribution in [3.8, 4) is 0 Å². The lowest BCUT2D eigenvalue weighted by atomic mass is 9.63. The van der Waals surface area contributed by atoms with Crippen molar-refractivity contribution in [2.24, 2.45) is 5.41 Å². The molecule has 98 valence electrons. The molecule has 0 bridgehead atoms. The van der Waals surface area contributed by atoms with E-state index in [4.69, 9.17) is 20.5 Å². The Morgan fingerprint density at radius 1 is 1.67 bits per heavy atom. The number of hydrogen-bond donors (Lipinski definition) is 1. The number of halogens is 2. The summed E-state index contributed by atoms with van der Waals surface area (Å²) in [5.74, 6) is -1.03. The first-order chi connectivity index (χ1) is 9.66. The third kappa shape index (κ3) is 2.17. The molecule has 2 rings (SSSR count). The highest BCUT2D eigenvalue weighted by Crippen LogP contribution is 2.52. The zero-order valence-electron chi connectivity index (χ0n) is 12.5. The Hall–Kier alpha value is -0.580. The molecule has 1 aliphatic carbocycles. The van der Waals surface area contributed by atoms with Crippen molar-refractivity contribution in [2.45, 2.75) is 25.4 Å². The molecule has 1 aliphatic rings. The van der Waals surface area contributed by atoms with Gasteiger partial charge in [0.1, 0.15) is 0 Å². The molecule has 3 nitrogen and oxygen atoms in total. The minimum atomic E-state index is -2.67. The average Bonchev–Trinajstić information content (AvgIpc) is 2.28. The molecule has 0 saturated heterocycles. The summed E-state index contributed by atoms with van der Waals surface area (Å²) >= 11 is 9.19. The molecule has 1 fully saturated rings. The maximum Gasteiger partial charge on any atom is 0.312 e. The van der Waals surface area contributed by atoms with E-state index < -0.39 is 24.5 Å². The van der Waals surface area contributed by atoms with Gasteiger partial charge in [-0.25, -0.2) is 0 Å². The van der Waals surface area contributed by atoms with Crippen molar-refractivity contribution in [3.63, 3.8) is 0 Å². The summed E-state index contributed by atoms with van der Waals surface area (Å²) in [5.41, 5.74) is -0.703. The summed E-state index contributed by atoms with van der Waals surface area (Å²) in [4.78, 5) is 11.7. The molecular weight excluding hydrogens is 319 g/mol. The van der Waals surface area contributed by atoms with E-state index in [0.717, 1.165) is 6.42 Å². The molecular formula is C13H14BrClO3. The van der Waals surface area contributed by atoms with E-state index in [1.165, 1.54) is 0 Å². The summed E-state index contributed by atoms with van der Waals surface area (Å²) in [7, 11) is -2.67. The lowest BCUT2D eigenvalue weighted by Gasteiger charge is -2.43. The van der Waals surface area contributed by atoms with Crippen molar-refractivity contribution < 1.29 is 18.8 Å². The first-order valence-corrected chi connectivity index (χ1v) is 6.69. The molecule has 1 unspecified atom stereocenters. The monoisotopic (exact) mass is 335 g/mol. The highest BCUT2D eigenvalue weighted by Gasteiger charge is 2.51. The van der Waals surface area contributed by atoms with Crippen LogP contribution in [0.3, 0.4) is 0 Å². The van der Waals surface area contributed by atoms with Crippen LogP contribution in [0.25, 0.3) is 0 Å². The summed E-state index contributed by atoms with van der Waals surface area (Å²) in [6, 6.07) is 4.80. The Kier molecular flexibility index (Phi) is 2.95. The molecule has 1 atom stereocenters. The predicted molar refractivity (Wildman–Crippen MR) is 72.8 cm³/mol. The maximum absolute atomic E-state index is 11.7. The van der Waals surface area contributed by atoms with Gasteiger partial charge in [-0.15, -0.1) is 0 Å². The fraction of sp³-hybridized carbons (Fsp3) is 0.462. The van der Waals surface area contributed by atoms with Gasteiger partial charge in [0.15, 0.2) is 0 Å². The summed E-state index contributed by atoms with van der Waals surface area (Å²) in [5, 5.41) is 10.00. The molecule has 0 aliphatic heterocycles. The van der Waals surface area contributed by atoms with Crippen LogP contribution in [0.2, 0.25) is 5.02 Å². The second kappa shape index (κ2) is 5.19. The topological polar surface area (TPSA) is 46.5 Å². The standard InChI is InChI=1S/C13H14BrClO3/c1-18-11(13(12(16)17)5-2-6-13)8-3-4-10(15)9(14)7-8/h3-4,7,11H,2,5-6H2,1H3,(H,16,17)/i1D3. The van der Waals surface area contributed by atoms with Gasteiger partial charge >= 0.3 is 5.97 Å². The number of carboxylic acid groups (broad SMARTS) is 1. The van der Waals surface area contributed by atoms with Crippen molar-refractivity contribution in [3.05, 3.63) is 33.3 Å². The van der Waals surface area contributed by atoms with Crippen LogP contribution in [0.5, 0.6) is 0 Å². The van der Waals surface area contributed by atoms with Gasteiger partial charge < -0.3 is 9.84 Å².